The van der Waals surface area contributed by atoms with Gasteiger partial charge in [0.2, 0.25) is 0 Å². The molecule has 0 saturated heterocycles. The zero-order valence-electron chi connectivity index (χ0n) is 13.0. The van der Waals surface area contributed by atoms with Crippen LogP contribution in [0, 0.1) is 10.1 Å². The van der Waals surface area contributed by atoms with Crippen molar-refractivity contribution in [3.05, 3.63) is 69.8 Å². The van der Waals surface area contributed by atoms with E-state index in [0.29, 0.717) is 12.8 Å². The maximum absolute atomic E-state index is 12.6. The van der Waals surface area contributed by atoms with Crippen LogP contribution in [0.4, 0.5) is 11.4 Å². The second kappa shape index (κ2) is 8.07. The van der Waals surface area contributed by atoms with Crippen molar-refractivity contribution in [3.8, 4) is 0 Å². The lowest BCUT2D eigenvalue weighted by molar-refractivity contribution is -0.385. The first-order chi connectivity index (χ1) is 11.5. The molecule has 0 aliphatic heterocycles. The molecule has 0 spiro atoms. The molecular weight excluding hydrogens is 310 g/mol. The van der Waals surface area contributed by atoms with Crippen molar-refractivity contribution in [3.63, 3.8) is 0 Å². The quantitative estimate of drug-likeness (QED) is 0.409. The number of amides is 1. The lowest BCUT2D eigenvalue weighted by atomic mass is 10.0. The van der Waals surface area contributed by atoms with Crippen molar-refractivity contribution in [2.24, 2.45) is 0 Å². The highest BCUT2D eigenvalue weighted by atomic mass is 16.6. The molecule has 2 rings (SSSR count). The fourth-order valence-corrected chi connectivity index (χ4v) is 2.49. The largest absolute Gasteiger partial charge is 0.398 e. The van der Waals surface area contributed by atoms with E-state index in [1.807, 2.05) is 30.3 Å². The van der Waals surface area contributed by atoms with Gasteiger partial charge in [-0.05, 0) is 24.5 Å². The van der Waals surface area contributed by atoms with E-state index in [4.69, 9.17) is 10.8 Å². The minimum Gasteiger partial charge on any atom is -0.398 e. The highest BCUT2D eigenvalue weighted by Gasteiger charge is 2.25. The highest BCUT2D eigenvalue weighted by molar-refractivity contribution is 6.03. The number of nitrogens with zero attached hydrogens (tertiary/aromatic N) is 1. The van der Waals surface area contributed by atoms with Crippen molar-refractivity contribution >= 4 is 17.3 Å². The molecule has 0 bridgehead atoms. The van der Waals surface area contributed by atoms with E-state index >= 15 is 0 Å². The van der Waals surface area contributed by atoms with Crippen molar-refractivity contribution in [2.75, 3.05) is 12.3 Å². The number of nitrogens with two attached hydrogens (primary N) is 1. The third kappa shape index (κ3) is 4.08. The third-order valence-corrected chi connectivity index (χ3v) is 3.66. The molecule has 0 fully saturated rings. The molecule has 2 aromatic rings. The summed E-state index contributed by atoms with van der Waals surface area (Å²) in [5, 5.41) is 23.0. The van der Waals surface area contributed by atoms with Gasteiger partial charge in [0, 0.05) is 12.7 Å². The number of hydrogen-bond donors (Lipinski definition) is 3. The minimum atomic E-state index is -0.628. The Balaban J connectivity index is 2.30. The number of aliphatic hydroxyl groups is 1. The summed E-state index contributed by atoms with van der Waals surface area (Å²) in [4.78, 5) is 23.1. The standard InChI is InChI=1S/C17H19N3O4/c18-13-8-4-10-15(20(23)24)16(13)17(22)19-14(9-5-11-21)12-6-2-1-3-7-12/h1-4,6-8,10,14,21H,5,9,11,18H2,(H,19,22). The number of rotatable bonds is 7. The van der Waals surface area contributed by atoms with Gasteiger partial charge in [-0.25, -0.2) is 0 Å². The lowest BCUT2D eigenvalue weighted by Crippen LogP contribution is -2.30. The number of benzene rings is 2. The Bertz CT molecular complexity index is 719. The second-order valence-corrected chi connectivity index (χ2v) is 5.30. The maximum Gasteiger partial charge on any atom is 0.284 e. The fourth-order valence-electron chi connectivity index (χ4n) is 2.49. The van der Waals surface area contributed by atoms with Crippen LogP contribution >= 0.6 is 0 Å². The predicted molar refractivity (Wildman–Crippen MR) is 90.5 cm³/mol. The molecule has 4 N–H and O–H groups in total. The van der Waals surface area contributed by atoms with Crippen molar-refractivity contribution in [2.45, 2.75) is 18.9 Å². The molecule has 1 amide bonds. The van der Waals surface area contributed by atoms with E-state index in [9.17, 15) is 14.9 Å². The molecule has 0 aliphatic rings. The van der Waals surface area contributed by atoms with Crippen LogP contribution in [0.5, 0.6) is 0 Å². The van der Waals surface area contributed by atoms with Crippen LogP contribution in [0.25, 0.3) is 0 Å². The van der Waals surface area contributed by atoms with Gasteiger partial charge in [-0.2, -0.15) is 0 Å². The first kappa shape index (κ1) is 17.4. The van der Waals surface area contributed by atoms with Crippen LogP contribution in [0.3, 0.4) is 0 Å². The molecule has 0 heterocycles. The zero-order valence-corrected chi connectivity index (χ0v) is 13.0. The SMILES string of the molecule is Nc1cccc([N+](=O)[O-])c1C(=O)NC(CCCO)c1ccccc1. The average molecular weight is 329 g/mol. The molecule has 126 valence electrons. The third-order valence-electron chi connectivity index (χ3n) is 3.66. The Kier molecular flexibility index (Phi) is 5.86. The number of nitro groups is 1. The number of anilines is 1. The summed E-state index contributed by atoms with van der Waals surface area (Å²) >= 11 is 0. The summed E-state index contributed by atoms with van der Waals surface area (Å²) in [7, 11) is 0. The Morgan fingerprint density at radius 1 is 1.21 bits per heavy atom. The molecule has 0 aromatic heterocycles. The van der Waals surface area contributed by atoms with Crippen LogP contribution in [-0.4, -0.2) is 22.5 Å². The van der Waals surface area contributed by atoms with Crippen LogP contribution < -0.4 is 11.1 Å². The van der Waals surface area contributed by atoms with E-state index in [1.54, 1.807) is 0 Å². The van der Waals surface area contributed by atoms with Gasteiger partial charge >= 0.3 is 0 Å². The molecule has 7 nitrogen and oxygen atoms in total. The Hall–Kier alpha value is -2.93. The van der Waals surface area contributed by atoms with Crippen molar-refractivity contribution in [1.82, 2.24) is 5.32 Å². The summed E-state index contributed by atoms with van der Waals surface area (Å²) in [5.74, 6) is -0.605. The molecule has 0 radical (unpaired) electrons. The molecule has 1 unspecified atom stereocenters. The first-order valence-electron chi connectivity index (χ1n) is 7.54. The number of carbonyl (C=O) groups is 1. The normalized spacial score (nSPS) is 11.7. The highest BCUT2D eigenvalue weighted by Crippen LogP contribution is 2.26. The predicted octanol–water partition coefficient (Wildman–Crippen LogP) is 2.42. The summed E-state index contributed by atoms with van der Waals surface area (Å²) in [5.41, 5.74) is 6.20. The molecular formula is C17H19N3O4. The van der Waals surface area contributed by atoms with Gasteiger partial charge in [-0.15, -0.1) is 0 Å². The van der Waals surface area contributed by atoms with Gasteiger partial charge in [-0.3, -0.25) is 14.9 Å². The fraction of sp³-hybridized carbons (Fsp3) is 0.235. The van der Waals surface area contributed by atoms with E-state index in [1.165, 1.54) is 18.2 Å². The van der Waals surface area contributed by atoms with Gasteiger partial charge in [-0.1, -0.05) is 36.4 Å². The smallest absolute Gasteiger partial charge is 0.284 e. The van der Waals surface area contributed by atoms with Gasteiger partial charge in [0.05, 0.1) is 16.7 Å². The van der Waals surface area contributed by atoms with E-state index in [2.05, 4.69) is 5.32 Å². The van der Waals surface area contributed by atoms with Crippen LogP contribution in [0.1, 0.15) is 34.8 Å². The number of nitrogen functional groups attached to an aromatic ring is 1. The monoisotopic (exact) mass is 329 g/mol. The second-order valence-electron chi connectivity index (χ2n) is 5.30. The number of nitro benzene ring substituents is 1. The molecule has 1 atom stereocenters. The van der Waals surface area contributed by atoms with Gasteiger partial charge in [0.1, 0.15) is 5.56 Å². The number of carbonyl (C=O) groups excluding carboxylic acids is 1. The van der Waals surface area contributed by atoms with Crippen LogP contribution in [-0.2, 0) is 0 Å². The van der Waals surface area contributed by atoms with Crippen molar-refractivity contribution < 1.29 is 14.8 Å². The number of aliphatic hydroxyl groups excluding tert-OH is 1. The van der Waals surface area contributed by atoms with Crippen LogP contribution in [0.2, 0.25) is 0 Å². The Morgan fingerprint density at radius 2 is 1.92 bits per heavy atom. The first-order valence-corrected chi connectivity index (χ1v) is 7.54. The minimum absolute atomic E-state index is 0.00712. The van der Waals surface area contributed by atoms with Gasteiger partial charge < -0.3 is 16.2 Å². The molecule has 7 heteroatoms. The summed E-state index contributed by atoms with van der Waals surface area (Å²) < 4.78 is 0. The Morgan fingerprint density at radius 3 is 2.54 bits per heavy atom. The van der Waals surface area contributed by atoms with Crippen molar-refractivity contribution in [1.29, 1.82) is 0 Å². The van der Waals surface area contributed by atoms with E-state index in [0.717, 1.165) is 5.56 Å². The molecule has 0 aliphatic carbocycles. The van der Waals surface area contributed by atoms with Crippen LogP contribution in [0.15, 0.2) is 48.5 Å². The summed E-state index contributed by atoms with van der Waals surface area (Å²) in [6.45, 7) is -0.00712. The maximum atomic E-state index is 12.6. The number of nitrogens with one attached hydrogen (secondary N) is 1. The molecule has 24 heavy (non-hydrogen) atoms. The van der Waals surface area contributed by atoms with Gasteiger partial charge in [0.15, 0.2) is 0 Å². The van der Waals surface area contributed by atoms with E-state index < -0.39 is 10.8 Å². The topological polar surface area (TPSA) is 118 Å². The summed E-state index contributed by atoms with van der Waals surface area (Å²) in [6, 6.07) is 13.0. The number of hydrogen-bond acceptors (Lipinski definition) is 5. The van der Waals surface area contributed by atoms with E-state index in [-0.39, 0.29) is 29.6 Å². The Labute approximate surface area is 139 Å². The lowest BCUT2D eigenvalue weighted by Gasteiger charge is -2.19. The molecule has 0 saturated carbocycles. The average Bonchev–Trinajstić information content (AvgIpc) is 2.58. The zero-order chi connectivity index (χ0) is 17.5. The van der Waals surface area contributed by atoms with Gasteiger partial charge in [0.25, 0.3) is 11.6 Å². The molecule has 2 aromatic carbocycles. The summed E-state index contributed by atoms with van der Waals surface area (Å²) in [6.07, 6.45) is 0.999.